The fourth-order valence-electron chi connectivity index (χ4n) is 0.702. The molecule has 0 aliphatic carbocycles. The van der Waals surface area contributed by atoms with Crippen LogP contribution in [0.1, 0.15) is 0 Å². The Morgan fingerprint density at radius 2 is 1.83 bits per heavy atom. The molecule has 1 rings (SSSR count). The van der Waals surface area contributed by atoms with Gasteiger partial charge in [-0.25, -0.2) is 4.21 Å². The molecule has 1 aromatic carbocycles. The molecule has 1 unspecified atom stereocenters. The molecule has 0 spiro atoms. The summed E-state index contributed by atoms with van der Waals surface area (Å²) in [7, 11) is -3.31. The highest BCUT2D eigenvalue weighted by Crippen LogP contribution is 2.26. The molecule has 0 fully saturated rings. The molecule has 4 nitrogen and oxygen atoms in total. The van der Waals surface area contributed by atoms with Crippen LogP contribution in [0.25, 0.3) is 0 Å². The predicted octanol–water partition coefficient (Wildman–Crippen LogP) is 0.646. The Bertz CT molecular complexity index is 394. The molecule has 0 saturated carbocycles. The molecule has 0 amide bonds. The van der Waals surface area contributed by atoms with Crippen LogP contribution in [0.4, 0.5) is 0 Å². The van der Waals surface area contributed by atoms with E-state index in [0.29, 0.717) is 0 Å². The van der Waals surface area contributed by atoms with Crippen LogP contribution >= 0.6 is 0 Å². The van der Waals surface area contributed by atoms with Crippen LogP contribution in [0.2, 0.25) is 0 Å². The second-order valence-corrected chi connectivity index (χ2v) is 4.04. The van der Waals surface area contributed by atoms with Crippen molar-refractivity contribution in [1.82, 2.24) is 0 Å². The average molecular weight is 188 g/mol. The summed E-state index contributed by atoms with van der Waals surface area (Å²) in [6, 6.07) is 3.36. The lowest BCUT2D eigenvalue weighted by Crippen LogP contribution is -1.96. The molecule has 3 N–H and O–H groups in total. The van der Waals surface area contributed by atoms with E-state index in [9.17, 15) is 4.21 Å². The highest BCUT2D eigenvalue weighted by Gasteiger charge is 2.06. The Labute approximate surface area is 69.9 Å². The van der Waals surface area contributed by atoms with Gasteiger partial charge in [-0.1, -0.05) is 0 Å². The first-order valence-electron chi connectivity index (χ1n) is 3.03. The van der Waals surface area contributed by atoms with Crippen molar-refractivity contribution in [3.63, 3.8) is 0 Å². The van der Waals surface area contributed by atoms with Crippen LogP contribution in [0.5, 0.6) is 11.5 Å². The molecule has 0 aliphatic heterocycles. The van der Waals surface area contributed by atoms with Crippen molar-refractivity contribution in [1.29, 1.82) is 0 Å². The third kappa shape index (κ3) is 1.69. The summed E-state index contributed by atoms with van der Waals surface area (Å²) in [5.41, 5.74) is 0. The van der Waals surface area contributed by atoms with E-state index in [2.05, 4.69) is 5.87 Å². The van der Waals surface area contributed by atoms with E-state index < -0.39 is 15.6 Å². The van der Waals surface area contributed by atoms with Gasteiger partial charge in [0.2, 0.25) is 0 Å². The minimum atomic E-state index is -3.31. The number of hydrogen-bond acceptors (Lipinski definition) is 3. The fraction of sp³-hybridized carbons (Fsp3) is 0. The maximum Gasteiger partial charge on any atom is 0.158 e. The molecule has 0 radical (unpaired) electrons. The van der Waals surface area contributed by atoms with Crippen molar-refractivity contribution in [2.24, 2.45) is 0 Å². The van der Waals surface area contributed by atoms with Gasteiger partial charge in [0, 0.05) is 6.07 Å². The topological polar surface area (TPSA) is 77.8 Å². The minimum Gasteiger partial charge on any atom is -0.504 e. The molecule has 5 heteroatoms. The zero-order chi connectivity index (χ0) is 9.35. The number of phenolic OH excluding ortho intramolecular Hbond substituents is 2. The minimum absolute atomic E-state index is 0.0159. The Hall–Kier alpha value is -1.20. The molecule has 0 aliphatic rings. The second-order valence-electron chi connectivity index (χ2n) is 2.29. The van der Waals surface area contributed by atoms with Crippen LogP contribution in [0, 0.1) is 0 Å². The van der Waals surface area contributed by atoms with E-state index in [1.54, 1.807) is 0 Å². The molecular weight excluding hydrogens is 180 g/mol. The number of hydrogen-bond donors (Lipinski definition) is 3. The van der Waals surface area contributed by atoms with E-state index in [4.69, 9.17) is 14.8 Å². The summed E-state index contributed by atoms with van der Waals surface area (Å²) in [6.45, 7) is 0. The highest BCUT2D eigenvalue weighted by molar-refractivity contribution is 7.95. The van der Waals surface area contributed by atoms with Gasteiger partial charge < -0.3 is 14.8 Å². The molecule has 0 saturated heterocycles. The maximum atomic E-state index is 10.9. The number of benzene rings is 1. The molecule has 0 aromatic heterocycles. The first kappa shape index (κ1) is 8.89. The number of aromatic hydroxyl groups is 2. The van der Waals surface area contributed by atoms with E-state index >= 15 is 0 Å². The average Bonchev–Trinajstić information content (AvgIpc) is 1.92. The summed E-state index contributed by atoms with van der Waals surface area (Å²) in [5.74, 6) is 2.24. The van der Waals surface area contributed by atoms with E-state index in [-0.39, 0.29) is 10.6 Å². The zero-order valence-electron chi connectivity index (χ0n) is 6.10. The van der Waals surface area contributed by atoms with Gasteiger partial charge in [-0.05, 0) is 18.0 Å². The quantitative estimate of drug-likeness (QED) is 0.446. The second kappa shape index (κ2) is 2.69. The first-order valence-corrected chi connectivity index (χ1v) is 4.71. The van der Waals surface area contributed by atoms with Gasteiger partial charge >= 0.3 is 0 Å². The van der Waals surface area contributed by atoms with E-state index in [0.717, 1.165) is 12.1 Å². The monoisotopic (exact) mass is 188 g/mol. The maximum absolute atomic E-state index is 10.9. The highest BCUT2D eigenvalue weighted by atomic mass is 32.2. The van der Waals surface area contributed by atoms with Crippen molar-refractivity contribution >= 4 is 15.7 Å². The largest absolute Gasteiger partial charge is 0.504 e. The van der Waals surface area contributed by atoms with Crippen LogP contribution < -0.4 is 0 Å². The number of phenols is 2. The van der Waals surface area contributed by atoms with Gasteiger partial charge in [-0.15, -0.1) is 0 Å². The lowest BCUT2D eigenvalue weighted by molar-refractivity contribution is 0.402. The van der Waals surface area contributed by atoms with E-state index in [1.165, 1.54) is 6.07 Å². The molecule has 0 bridgehead atoms. The summed E-state index contributed by atoms with van der Waals surface area (Å²) in [6.07, 6.45) is 0. The lowest BCUT2D eigenvalue weighted by Gasteiger charge is -2.02. The molecular formula is C7H8O4S. The summed E-state index contributed by atoms with van der Waals surface area (Å²) in [5, 5.41) is 17.8. The summed E-state index contributed by atoms with van der Waals surface area (Å²) in [4.78, 5) is -0.0159. The summed E-state index contributed by atoms with van der Waals surface area (Å²) >= 11 is 0. The van der Waals surface area contributed by atoms with Gasteiger partial charge in [-0.2, -0.15) is 0 Å². The lowest BCUT2D eigenvalue weighted by atomic mass is 10.3. The Kier molecular flexibility index (Phi) is 1.99. The van der Waals surface area contributed by atoms with E-state index in [1.807, 2.05) is 0 Å². The zero-order valence-corrected chi connectivity index (χ0v) is 6.91. The third-order valence-electron chi connectivity index (χ3n) is 1.32. The van der Waals surface area contributed by atoms with Gasteiger partial charge in [-0.3, -0.25) is 0 Å². The van der Waals surface area contributed by atoms with Crippen molar-refractivity contribution in [3.8, 4) is 11.5 Å². The Morgan fingerprint density at radius 1 is 1.25 bits per heavy atom. The van der Waals surface area contributed by atoms with Crippen molar-refractivity contribution in [2.45, 2.75) is 4.90 Å². The Morgan fingerprint density at radius 3 is 2.25 bits per heavy atom. The van der Waals surface area contributed by atoms with Gasteiger partial charge in [0.15, 0.2) is 11.5 Å². The van der Waals surface area contributed by atoms with Crippen molar-refractivity contribution in [3.05, 3.63) is 18.2 Å². The first-order chi connectivity index (χ1) is 5.41. The third-order valence-corrected chi connectivity index (χ3v) is 2.31. The summed E-state index contributed by atoms with van der Waals surface area (Å²) < 4.78 is 19.8. The van der Waals surface area contributed by atoms with Crippen LogP contribution in [-0.2, 0) is 9.80 Å². The fourth-order valence-corrected chi connectivity index (χ4v) is 1.28. The normalized spacial score (nSPS) is 15.4. The molecule has 12 heavy (non-hydrogen) atoms. The van der Waals surface area contributed by atoms with Crippen molar-refractivity contribution < 1.29 is 19.0 Å². The van der Waals surface area contributed by atoms with Gasteiger partial charge in [0.05, 0.1) is 4.90 Å². The standard InChI is InChI=1S/C7H8O4S/c1-12(10,11)5-2-3-6(8)7(9)4-5/h2-4,8-9H,1H2,(H,10,11). The number of rotatable bonds is 1. The van der Waals surface area contributed by atoms with Crippen LogP contribution in [0.3, 0.4) is 0 Å². The smallest absolute Gasteiger partial charge is 0.158 e. The molecule has 66 valence electrons. The predicted molar refractivity (Wildman–Crippen MR) is 45.9 cm³/mol. The molecule has 0 heterocycles. The SMILES string of the molecule is C=S(=O)(O)c1ccc(O)c(O)c1. The van der Waals surface area contributed by atoms with Crippen LogP contribution in [0.15, 0.2) is 23.1 Å². The van der Waals surface area contributed by atoms with Gasteiger partial charge in [0.25, 0.3) is 0 Å². The Balaban J connectivity index is 3.33. The molecule has 1 aromatic rings. The van der Waals surface area contributed by atoms with Crippen molar-refractivity contribution in [2.75, 3.05) is 0 Å². The molecule has 1 atom stereocenters. The van der Waals surface area contributed by atoms with Gasteiger partial charge in [0.1, 0.15) is 9.80 Å². The van der Waals surface area contributed by atoms with Crippen LogP contribution in [-0.4, -0.2) is 24.8 Å².